The molecule has 0 aliphatic carbocycles. The van der Waals surface area contributed by atoms with Gasteiger partial charge in [-0.05, 0) is 29.9 Å². The Kier molecular flexibility index (Phi) is 5.41. The van der Waals surface area contributed by atoms with Crippen molar-refractivity contribution in [2.45, 2.75) is 44.4 Å². The van der Waals surface area contributed by atoms with E-state index in [1.165, 1.54) is 11.1 Å². The summed E-state index contributed by atoms with van der Waals surface area (Å²) < 4.78 is 0. The van der Waals surface area contributed by atoms with Crippen molar-refractivity contribution in [1.82, 2.24) is 5.32 Å². The first-order valence-corrected chi connectivity index (χ1v) is 9.24. The highest BCUT2D eigenvalue weighted by molar-refractivity contribution is 5.27. The Labute approximate surface area is 151 Å². The summed E-state index contributed by atoms with van der Waals surface area (Å²) in [7, 11) is 0. The molecule has 1 fully saturated rings. The fraction of sp³-hybridized carbons (Fsp3) is 0.391. The topological polar surface area (TPSA) is 32.3 Å². The summed E-state index contributed by atoms with van der Waals surface area (Å²) in [6, 6.07) is 21.2. The Bertz CT molecular complexity index is 682. The molecule has 0 bridgehead atoms. The van der Waals surface area contributed by atoms with E-state index in [0.29, 0.717) is 18.8 Å². The molecular formula is C23H29NO. The van der Waals surface area contributed by atoms with Gasteiger partial charge in [-0.2, -0.15) is 0 Å². The van der Waals surface area contributed by atoms with Crippen molar-refractivity contribution in [3.63, 3.8) is 0 Å². The number of benzene rings is 2. The predicted molar refractivity (Wildman–Crippen MR) is 104 cm³/mol. The van der Waals surface area contributed by atoms with E-state index in [1.807, 2.05) is 18.2 Å². The van der Waals surface area contributed by atoms with Crippen LogP contribution in [0.4, 0.5) is 0 Å². The third-order valence-electron chi connectivity index (χ3n) is 5.49. The lowest BCUT2D eigenvalue weighted by atomic mass is 9.65. The maximum atomic E-state index is 11.7. The Morgan fingerprint density at radius 3 is 2.16 bits per heavy atom. The van der Waals surface area contributed by atoms with Crippen LogP contribution in [-0.2, 0) is 0 Å². The summed E-state index contributed by atoms with van der Waals surface area (Å²) in [5.41, 5.74) is 1.71. The van der Waals surface area contributed by atoms with Gasteiger partial charge in [0.2, 0.25) is 0 Å². The molecule has 0 aromatic heterocycles. The van der Waals surface area contributed by atoms with Crippen LogP contribution in [0.5, 0.6) is 0 Å². The highest BCUT2D eigenvalue weighted by atomic mass is 16.3. The second-order valence-electron chi connectivity index (χ2n) is 7.59. The lowest BCUT2D eigenvalue weighted by Crippen LogP contribution is -2.54. The zero-order valence-corrected chi connectivity index (χ0v) is 15.2. The first kappa shape index (κ1) is 17.9. The average molecular weight is 335 g/mol. The minimum Gasteiger partial charge on any atom is -0.389 e. The SMILES string of the molecule is C=CC[C@@]1(O)C[C@@H](c2ccccc2)N[C@@H](c2ccccc2)[C@H]1C(C)C. The molecule has 2 N–H and O–H groups in total. The molecule has 25 heavy (non-hydrogen) atoms. The van der Waals surface area contributed by atoms with Gasteiger partial charge in [-0.3, -0.25) is 0 Å². The van der Waals surface area contributed by atoms with Crippen LogP contribution in [0.2, 0.25) is 0 Å². The molecule has 1 heterocycles. The van der Waals surface area contributed by atoms with Crippen LogP contribution in [0.15, 0.2) is 73.3 Å². The Hall–Kier alpha value is -1.90. The summed E-state index contributed by atoms with van der Waals surface area (Å²) in [6.07, 6.45) is 3.18. The molecule has 0 amide bonds. The standard InChI is InChI=1S/C23H29NO/c1-4-15-23(25)16-20(18-11-7-5-8-12-18)24-22(21(23)17(2)3)19-13-9-6-10-14-19/h4-14,17,20-22,24-25H,1,15-16H2,2-3H3/t20-,21+,22-,23+/m0/s1. The Morgan fingerprint density at radius 1 is 1.08 bits per heavy atom. The Morgan fingerprint density at radius 2 is 1.64 bits per heavy atom. The molecule has 132 valence electrons. The van der Waals surface area contributed by atoms with Gasteiger partial charge in [0.1, 0.15) is 0 Å². The minimum absolute atomic E-state index is 0.116. The van der Waals surface area contributed by atoms with E-state index in [0.717, 1.165) is 0 Å². The van der Waals surface area contributed by atoms with Gasteiger partial charge < -0.3 is 10.4 Å². The fourth-order valence-corrected chi connectivity index (χ4v) is 4.52. The first-order valence-electron chi connectivity index (χ1n) is 9.24. The summed E-state index contributed by atoms with van der Waals surface area (Å²) in [4.78, 5) is 0. The molecule has 0 saturated carbocycles. The number of nitrogens with one attached hydrogen (secondary N) is 1. The summed E-state index contributed by atoms with van der Waals surface area (Å²) in [5, 5.41) is 15.5. The van der Waals surface area contributed by atoms with Gasteiger partial charge in [0.15, 0.2) is 0 Å². The maximum absolute atomic E-state index is 11.7. The van der Waals surface area contributed by atoms with E-state index in [4.69, 9.17) is 0 Å². The van der Waals surface area contributed by atoms with E-state index >= 15 is 0 Å². The number of piperidine rings is 1. The van der Waals surface area contributed by atoms with Gasteiger partial charge >= 0.3 is 0 Å². The van der Waals surface area contributed by atoms with Crippen LogP contribution in [0.25, 0.3) is 0 Å². The van der Waals surface area contributed by atoms with Crippen molar-refractivity contribution < 1.29 is 5.11 Å². The third-order valence-corrected chi connectivity index (χ3v) is 5.49. The third kappa shape index (κ3) is 3.70. The molecule has 2 heteroatoms. The highest BCUT2D eigenvalue weighted by Gasteiger charge is 2.48. The molecule has 1 aliphatic rings. The van der Waals surface area contributed by atoms with E-state index in [-0.39, 0.29) is 18.0 Å². The second kappa shape index (κ2) is 7.55. The number of aliphatic hydroxyl groups is 1. The number of hydrogen-bond acceptors (Lipinski definition) is 2. The van der Waals surface area contributed by atoms with Crippen molar-refractivity contribution >= 4 is 0 Å². The van der Waals surface area contributed by atoms with Gasteiger partial charge in [0.05, 0.1) is 5.60 Å². The molecule has 0 radical (unpaired) electrons. The average Bonchev–Trinajstić information content (AvgIpc) is 2.62. The first-order chi connectivity index (χ1) is 12.0. The summed E-state index contributed by atoms with van der Waals surface area (Å²) in [6.45, 7) is 8.32. The van der Waals surface area contributed by atoms with Crippen molar-refractivity contribution in [3.8, 4) is 0 Å². The molecular weight excluding hydrogens is 306 g/mol. The second-order valence-corrected chi connectivity index (χ2v) is 7.59. The van der Waals surface area contributed by atoms with Gasteiger partial charge in [0.25, 0.3) is 0 Å². The zero-order chi connectivity index (χ0) is 17.9. The fourth-order valence-electron chi connectivity index (χ4n) is 4.52. The van der Waals surface area contributed by atoms with E-state index in [9.17, 15) is 5.11 Å². The predicted octanol–water partition coefficient (Wildman–Crippen LogP) is 5.04. The lowest BCUT2D eigenvalue weighted by molar-refractivity contribution is -0.0902. The van der Waals surface area contributed by atoms with Crippen molar-refractivity contribution in [3.05, 3.63) is 84.4 Å². The largest absolute Gasteiger partial charge is 0.389 e. The molecule has 1 saturated heterocycles. The molecule has 0 spiro atoms. The van der Waals surface area contributed by atoms with Crippen molar-refractivity contribution in [2.75, 3.05) is 0 Å². The van der Waals surface area contributed by atoms with Gasteiger partial charge in [-0.25, -0.2) is 0 Å². The number of rotatable bonds is 5. The molecule has 1 aliphatic heterocycles. The van der Waals surface area contributed by atoms with Gasteiger partial charge in [-0.1, -0.05) is 80.6 Å². The smallest absolute Gasteiger partial charge is 0.0748 e. The van der Waals surface area contributed by atoms with Gasteiger partial charge in [0, 0.05) is 18.0 Å². The molecule has 4 atom stereocenters. The van der Waals surface area contributed by atoms with Gasteiger partial charge in [-0.15, -0.1) is 6.58 Å². The van der Waals surface area contributed by atoms with Crippen molar-refractivity contribution in [2.24, 2.45) is 11.8 Å². The minimum atomic E-state index is -0.762. The summed E-state index contributed by atoms with van der Waals surface area (Å²) in [5.74, 6) is 0.493. The normalized spacial score (nSPS) is 29.5. The molecule has 3 rings (SSSR count). The van der Waals surface area contributed by atoms with Crippen LogP contribution >= 0.6 is 0 Å². The van der Waals surface area contributed by atoms with E-state index in [1.54, 1.807) is 0 Å². The maximum Gasteiger partial charge on any atom is 0.0748 e. The monoisotopic (exact) mass is 335 g/mol. The van der Waals surface area contributed by atoms with Crippen LogP contribution in [0.3, 0.4) is 0 Å². The molecule has 0 unspecified atom stereocenters. The lowest BCUT2D eigenvalue weighted by Gasteiger charge is -2.50. The quantitative estimate of drug-likeness (QED) is 0.750. The summed E-state index contributed by atoms with van der Waals surface area (Å²) >= 11 is 0. The van der Waals surface area contributed by atoms with E-state index in [2.05, 4.69) is 74.3 Å². The number of hydrogen-bond donors (Lipinski definition) is 2. The molecule has 2 aromatic carbocycles. The zero-order valence-electron chi connectivity index (χ0n) is 15.2. The van der Waals surface area contributed by atoms with Crippen LogP contribution < -0.4 is 5.32 Å². The van der Waals surface area contributed by atoms with Crippen LogP contribution in [0.1, 0.15) is 49.9 Å². The van der Waals surface area contributed by atoms with Crippen LogP contribution in [0, 0.1) is 11.8 Å². The van der Waals surface area contributed by atoms with Crippen molar-refractivity contribution in [1.29, 1.82) is 0 Å². The molecule has 2 nitrogen and oxygen atoms in total. The highest BCUT2D eigenvalue weighted by Crippen LogP contribution is 2.48. The van der Waals surface area contributed by atoms with E-state index < -0.39 is 5.60 Å². The molecule has 2 aromatic rings. The van der Waals surface area contributed by atoms with Crippen LogP contribution in [-0.4, -0.2) is 10.7 Å². The Balaban J connectivity index is 2.04.